The first-order valence-corrected chi connectivity index (χ1v) is 22.8. The average molecular weight is 848 g/mol. The predicted molar refractivity (Wildman–Crippen MR) is 238 cm³/mol. The van der Waals surface area contributed by atoms with Gasteiger partial charge in [-0.15, -0.1) is 11.3 Å². The fourth-order valence-corrected chi connectivity index (χ4v) is 9.93. The Labute approximate surface area is 352 Å². The molecule has 1 amide bonds. The summed E-state index contributed by atoms with van der Waals surface area (Å²) >= 11 is 1.58. The zero-order chi connectivity index (χ0) is 42.0. The first-order chi connectivity index (χ1) is 28.9. The topological polar surface area (TPSA) is 161 Å². The number of aromatic amines is 1. The van der Waals surface area contributed by atoms with Crippen molar-refractivity contribution in [2.45, 2.75) is 87.8 Å². The van der Waals surface area contributed by atoms with Gasteiger partial charge in [-0.25, -0.2) is 18.2 Å². The Morgan fingerprint density at radius 1 is 0.900 bits per heavy atom. The molecule has 60 heavy (non-hydrogen) atoms. The largest absolute Gasteiger partial charge is 0.492 e. The van der Waals surface area contributed by atoms with Gasteiger partial charge < -0.3 is 19.5 Å². The van der Waals surface area contributed by atoms with E-state index >= 15 is 0 Å². The minimum atomic E-state index is -3.76. The van der Waals surface area contributed by atoms with E-state index in [1.165, 1.54) is 16.8 Å². The number of carbonyl (C=O) groups excluding carboxylic acids is 1. The molecule has 0 aliphatic carbocycles. The summed E-state index contributed by atoms with van der Waals surface area (Å²) in [5.74, 6) is 0.489. The second-order valence-electron chi connectivity index (χ2n) is 16.3. The van der Waals surface area contributed by atoms with Gasteiger partial charge in [-0.3, -0.25) is 24.1 Å². The van der Waals surface area contributed by atoms with E-state index in [0.717, 1.165) is 77.4 Å². The maximum absolute atomic E-state index is 13.9. The van der Waals surface area contributed by atoms with Gasteiger partial charge >= 0.3 is 5.69 Å². The number of nitrogens with one attached hydrogen (secondary N) is 2. The molecule has 5 heterocycles. The van der Waals surface area contributed by atoms with Gasteiger partial charge in [0.25, 0.3) is 5.56 Å². The number of carbonyl (C=O) groups is 1. The average Bonchev–Trinajstić information content (AvgIpc) is 3.89. The van der Waals surface area contributed by atoms with Crippen LogP contribution >= 0.6 is 11.3 Å². The molecule has 0 atom stereocenters. The number of hydrogen-bond donors (Lipinski definition) is 2. The van der Waals surface area contributed by atoms with Crippen molar-refractivity contribution in [2.24, 2.45) is 0 Å². The summed E-state index contributed by atoms with van der Waals surface area (Å²) in [6.07, 6.45) is 11.8. The van der Waals surface area contributed by atoms with Gasteiger partial charge in [-0.2, -0.15) is 0 Å². The summed E-state index contributed by atoms with van der Waals surface area (Å²) in [5.41, 5.74) is 5.72. The Bertz CT molecular complexity index is 2920. The zero-order valence-electron chi connectivity index (χ0n) is 34.0. The summed E-state index contributed by atoms with van der Waals surface area (Å²) in [6, 6.07) is 20.6. The number of unbranched alkanes of at least 4 members (excludes halogenated alkanes) is 4. The van der Waals surface area contributed by atoms with E-state index in [1.807, 2.05) is 65.1 Å². The van der Waals surface area contributed by atoms with Crippen molar-refractivity contribution in [1.82, 2.24) is 29.0 Å². The molecular weight excluding hydrogens is 799 g/mol. The fraction of sp³-hybridized carbons (Fsp3) is 0.356. The Balaban J connectivity index is 0.815. The van der Waals surface area contributed by atoms with E-state index in [9.17, 15) is 22.8 Å². The molecule has 0 bridgehead atoms. The Kier molecular flexibility index (Phi) is 11.6. The molecule has 1 aliphatic heterocycles. The molecule has 7 aromatic rings. The van der Waals surface area contributed by atoms with Gasteiger partial charge in [0.05, 0.1) is 43.8 Å². The number of sulfone groups is 1. The number of nitrogens with zero attached hydrogens (tertiary/aromatic N) is 5. The van der Waals surface area contributed by atoms with Crippen molar-refractivity contribution in [3.63, 3.8) is 0 Å². The van der Waals surface area contributed by atoms with Crippen LogP contribution < -0.4 is 21.3 Å². The number of thiazole rings is 1. The summed E-state index contributed by atoms with van der Waals surface area (Å²) in [4.78, 5) is 50.7. The number of rotatable bonds is 14. The number of aromatic nitrogens is 5. The fourth-order valence-electron chi connectivity index (χ4n) is 7.96. The lowest BCUT2D eigenvalue weighted by molar-refractivity contribution is -0.132. The van der Waals surface area contributed by atoms with Crippen LogP contribution in [0.4, 0.5) is 11.4 Å². The molecule has 15 heteroatoms. The highest BCUT2D eigenvalue weighted by Gasteiger charge is 2.34. The molecule has 1 saturated heterocycles. The number of likely N-dealkylation sites (tertiary alicyclic amines) is 1. The number of pyridine rings is 1. The van der Waals surface area contributed by atoms with Crippen LogP contribution in [0.5, 0.6) is 5.75 Å². The number of benzene rings is 3. The number of H-pyrrole nitrogens is 1. The maximum atomic E-state index is 13.9. The van der Waals surface area contributed by atoms with E-state index < -0.39 is 25.8 Å². The maximum Gasteiger partial charge on any atom is 0.332 e. The summed E-state index contributed by atoms with van der Waals surface area (Å²) in [7, 11) is -3.76. The molecule has 312 valence electrons. The van der Waals surface area contributed by atoms with E-state index in [0.29, 0.717) is 48.5 Å². The normalized spacial score (nSPS) is 14.0. The minimum absolute atomic E-state index is 0.146. The lowest BCUT2D eigenvalue weighted by Gasteiger charge is -2.33. The van der Waals surface area contributed by atoms with Crippen molar-refractivity contribution in [1.29, 1.82) is 0 Å². The number of amides is 1. The highest BCUT2D eigenvalue weighted by atomic mass is 32.2. The first-order valence-electron chi connectivity index (χ1n) is 20.5. The molecular formula is C45H49N7O6S2. The number of ether oxygens (including phenoxy) is 1. The molecule has 3 aromatic carbocycles. The van der Waals surface area contributed by atoms with E-state index in [1.54, 1.807) is 50.4 Å². The van der Waals surface area contributed by atoms with Gasteiger partial charge in [-0.05, 0) is 95.0 Å². The van der Waals surface area contributed by atoms with Crippen LogP contribution in [0.1, 0.15) is 78.2 Å². The van der Waals surface area contributed by atoms with Crippen molar-refractivity contribution in [2.75, 3.05) is 25.0 Å². The molecule has 13 nitrogen and oxygen atoms in total. The molecule has 1 fully saturated rings. The molecule has 0 saturated carbocycles. The minimum Gasteiger partial charge on any atom is -0.492 e. The van der Waals surface area contributed by atoms with Crippen molar-refractivity contribution < 1.29 is 17.9 Å². The van der Waals surface area contributed by atoms with Gasteiger partial charge in [0, 0.05) is 78.4 Å². The first kappa shape index (κ1) is 41.0. The second kappa shape index (κ2) is 17.1. The number of anilines is 2. The van der Waals surface area contributed by atoms with E-state index in [4.69, 9.17) is 4.74 Å². The van der Waals surface area contributed by atoms with Crippen LogP contribution in [0.3, 0.4) is 0 Å². The SMILES string of the molecule is CC(C)(C)S(=O)(=O)c1cc2c(Nc3ccc4scnc4c3)ccnc2cc1OCCCCCCCC(=O)N1CCC(n2ccc3c(-n4ccc(=O)[nH]c4=O)cccc32)CC1. The lowest BCUT2D eigenvalue weighted by atomic mass is 10.0. The van der Waals surface area contributed by atoms with Crippen LogP contribution in [0, 0.1) is 0 Å². The predicted octanol–water partition coefficient (Wildman–Crippen LogP) is 8.54. The van der Waals surface area contributed by atoms with E-state index in [2.05, 4.69) is 24.8 Å². The van der Waals surface area contributed by atoms with Crippen molar-refractivity contribution in [3.05, 3.63) is 112 Å². The molecule has 0 radical (unpaired) electrons. The highest BCUT2D eigenvalue weighted by Crippen LogP contribution is 2.38. The summed E-state index contributed by atoms with van der Waals surface area (Å²) in [6.45, 7) is 6.83. The number of fused-ring (bicyclic) bond motifs is 3. The van der Waals surface area contributed by atoms with Crippen LogP contribution in [-0.4, -0.2) is 67.8 Å². The van der Waals surface area contributed by atoms with E-state index in [-0.39, 0.29) is 16.8 Å². The van der Waals surface area contributed by atoms with Crippen LogP contribution in [0.25, 0.3) is 37.7 Å². The van der Waals surface area contributed by atoms with Gasteiger partial charge in [0.1, 0.15) is 10.6 Å². The molecule has 0 spiro atoms. The Morgan fingerprint density at radius 2 is 1.70 bits per heavy atom. The standard InChI is InChI=1S/C45H49N7O6S2/c1-45(2,3)60(56,57)41-27-33-34(48-30-13-14-40-36(26-30)47-29-59-40)15-20-46-35(33)28-39(41)58-25-8-6-4-5-7-12-43(54)50-21-16-31(17-22-50)51-23-18-32-37(51)10-9-11-38(32)52-24-19-42(53)49-44(52)55/h9-11,13-15,18-20,23-24,26-29,31H,4-8,12,16-17,21-22,25H2,1-3H3,(H,46,48)(H,49,53,55). The number of piperidine rings is 1. The third-order valence-corrected chi connectivity index (χ3v) is 14.7. The van der Waals surface area contributed by atoms with Crippen LogP contribution in [0.2, 0.25) is 0 Å². The second-order valence-corrected chi connectivity index (χ2v) is 19.9. The monoisotopic (exact) mass is 847 g/mol. The van der Waals surface area contributed by atoms with Crippen molar-refractivity contribution >= 4 is 70.5 Å². The summed E-state index contributed by atoms with van der Waals surface area (Å²) in [5, 5.41) is 5.04. The highest BCUT2D eigenvalue weighted by molar-refractivity contribution is 7.92. The van der Waals surface area contributed by atoms with Crippen molar-refractivity contribution in [3.8, 4) is 11.4 Å². The Hall–Kier alpha value is -5.80. The molecule has 1 aliphatic rings. The summed E-state index contributed by atoms with van der Waals surface area (Å²) < 4.78 is 37.7. The van der Waals surface area contributed by atoms with Gasteiger partial charge in [-0.1, -0.05) is 25.3 Å². The third kappa shape index (κ3) is 8.46. The van der Waals surface area contributed by atoms with Crippen LogP contribution in [-0.2, 0) is 14.6 Å². The molecule has 8 rings (SSSR count). The quantitative estimate of drug-likeness (QED) is 0.102. The molecule has 4 aromatic heterocycles. The number of hydrogen-bond acceptors (Lipinski definition) is 10. The smallest absolute Gasteiger partial charge is 0.332 e. The Morgan fingerprint density at radius 3 is 2.50 bits per heavy atom. The third-order valence-electron chi connectivity index (χ3n) is 11.3. The van der Waals surface area contributed by atoms with Crippen LogP contribution in [0.15, 0.2) is 105 Å². The van der Waals surface area contributed by atoms with Gasteiger partial charge in [0.2, 0.25) is 5.91 Å². The lowest BCUT2D eigenvalue weighted by Crippen LogP contribution is -2.38. The zero-order valence-corrected chi connectivity index (χ0v) is 35.7. The molecule has 0 unspecified atom stereocenters. The van der Waals surface area contributed by atoms with Gasteiger partial charge in [0.15, 0.2) is 9.84 Å². The molecule has 2 N–H and O–H groups in total.